The summed E-state index contributed by atoms with van der Waals surface area (Å²) in [6.07, 6.45) is 0. The summed E-state index contributed by atoms with van der Waals surface area (Å²) >= 11 is 6.04. The zero-order chi connectivity index (χ0) is 10.7. The van der Waals surface area contributed by atoms with Crippen LogP contribution in [0.15, 0.2) is 18.2 Å². The van der Waals surface area contributed by atoms with Gasteiger partial charge in [-0.3, -0.25) is 0 Å². The summed E-state index contributed by atoms with van der Waals surface area (Å²) in [4.78, 5) is 0. The number of halogens is 1. The predicted molar refractivity (Wildman–Crippen MR) is 64.4 cm³/mol. The third-order valence-electron chi connectivity index (χ3n) is 2.89. The third kappa shape index (κ3) is 2.51. The molecule has 2 rings (SSSR count). The molecule has 2 N–H and O–H groups in total. The second-order valence-corrected chi connectivity index (χ2v) is 4.42. The van der Waals surface area contributed by atoms with Gasteiger partial charge in [0.15, 0.2) is 0 Å². The van der Waals surface area contributed by atoms with E-state index >= 15 is 0 Å². The van der Waals surface area contributed by atoms with E-state index in [4.69, 9.17) is 11.6 Å². The van der Waals surface area contributed by atoms with E-state index in [-0.39, 0.29) is 0 Å². The topological polar surface area (TPSA) is 24.1 Å². The Bertz CT molecular complexity index is 338. The van der Waals surface area contributed by atoms with Gasteiger partial charge in [0.25, 0.3) is 0 Å². The molecule has 0 amide bonds. The Morgan fingerprint density at radius 2 is 2.40 bits per heavy atom. The largest absolute Gasteiger partial charge is 0.316 e. The lowest BCUT2D eigenvalue weighted by molar-refractivity contribution is 0.510. The lowest BCUT2D eigenvalue weighted by Gasteiger charge is -2.26. The molecule has 1 aromatic rings. The fourth-order valence-corrected chi connectivity index (χ4v) is 2.28. The molecule has 0 aliphatic carbocycles. The minimum absolute atomic E-state index is 0.549. The van der Waals surface area contributed by atoms with Crippen molar-refractivity contribution >= 4 is 11.6 Å². The number of likely N-dealkylation sites (N-methyl/N-ethyl adjacent to an activating group) is 1. The monoisotopic (exact) mass is 224 g/mol. The van der Waals surface area contributed by atoms with Crippen LogP contribution in [0, 0.1) is 0 Å². The van der Waals surface area contributed by atoms with E-state index in [2.05, 4.69) is 29.7 Å². The van der Waals surface area contributed by atoms with Gasteiger partial charge in [0.2, 0.25) is 0 Å². The molecule has 1 heterocycles. The van der Waals surface area contributed by atoms with Gasteiger partial charge < -0.3 is 10.6 Å². The van der Waals surface area contributed by atoms with E-state index in [1.807, 2.05) is 6.07 Å². The lowest BCUT2D eigenvalue weighted by Crippen LogP contribution is -2.34. The molecule has 0 radical (unpaired) electrons. The number of hydrogen-bond donors (Lipinski definition) is 2. The smallest absolute Gasteiger partial charge is 0.0409 e. The first-order chi connectivity index (χ1) is 7.31. The Morgan fingerprint density at radius 1 is 1.53 bits per heavy atom. The molecular formula is C12H17ClN2. The van der Waals surface area contributed by atoms with Crippen LogP contribution in [-0.4, -0.2) is 19.6 Å². The molecule has 15 heavy (non-hydrogen) atoms. The molecule has 0 spiro atoms. The van der Waals surface area contributed by atoms with E-state index in [0.717, 1.165) is 31.2 Å². The number of nitrogens with one attached hydrogen (secondary N) is 2. The molecule has 0 saturated carbocycles. The molecule has 1 aromatic carbocycles. The second-order valence-electron chi connectivity index (χ2n) is 3.98. The van der Waals surface area contributed by atoms with Crippen molar-refractivity contribution < 1.29 is 0 Å². The van der Waals surface area contributed by atoms with E-state index in [1.165, 1.54) is 11.1 Å². The van der Waals surface area contributed by atoms with Crippen molar-refractivity contribution in [1.29, 1.82) is 0 Å². The summed E-state index contributed by atoms with van der Waals surface area (Å²) in [7, 11) is 0. The summed E-state index contributed by atoms with van der Waals surface area (Å²) in [5, 5.41) is 7.68. The van der Waals surface area contributed by atoms with Crippen molar-refractivity contribution in [3.8, 4) is 0 Å². The first kappa shape index (κ1) is 10.9. The van der Waals surface area contributed by atoms with E-state index in [9.17, 15) is 0 Å². The molecule has 3 heteroatoms. The van der Waals surface area contributed by atoms with Crippen molar-refractivity contribution in [3.63, 3.8) is 0 Å². The van der Waals surface area contributed by atoms with Crippen LogP contribution < -0.4 is 10.6 Å². The van der Waals surface area contributed by atoms with Crippen LogP contribution in [-0.2, 0) is 6.54 Å². The van der Waals surface area contributed by atoms with Crippen molar-refractivity contribution in [3.05, 3.63) is 34.3 Å². The Labute approximate surface area is 96.0 Å². The minimum Gasteiger partial charge on any atom is -0.316 e. The zero-order valence-electron chi connectivity index (χ0n) is 9.02. The first-order valence-electron chi connectivity index (χ1n) is 5.51. The van der Waals surface area contributed by atoms with E-state index < -0.39 is 0 Å². The highest BCUT2D eigenvalue weighted by Gasteiger charge is 2.19. The summed E-state index contributed by atoms with van der Waals surface area (Å²) in [5.74, 6) is 0.549. The summed E-state index contributed by atoms with van der Waals surface area (Å²) in [6, 6.07) is 6.21. The average Bonchev–Trinajstić information content (AvgIpc) is 2.26. The quantitative estimate of drug-likeness (QED) is 0.822. The normalized spacial score (nSPS) is 20.0. The van der Waals surface area contributed by atoms with Crippen molar-refractivity contribution in [2.75, 3.05) is 19.6 Å². The predicted octanol–water partition coefficient (Wildman–Crippen LogP) is 2.14. The van der Waals surface area contributed by atoms with Gasteiger partial charge in [-0.25, -0.2) is 0 Å². The van der Waals surface area contributed by atoms with Gasteiger partial charge in [-0.05, 0) is 29.8 Å². The third-order valence-corrected chi connectivity index (χ3v) is 3.13. The number of benzene rings is 1. The van der Waals surface area contributed by atoms with Gasteiger partial charge in [-0.1, -0.05) is 24.6 Å². The zero-order valence-corrected chi connectivity index (χ0v) is 9.77. The lowest BCUT2D eigenvalue weighted by atomic mass is 9.91. The summed E-state index contributed by atoms with van der Waals surface area (Å²) in [6.45, 7) is 6.19. The molecule has 0 bridgehead atoms. The Morgan fingerprint density at radius 3 is 3.20 bits per heavy atom. The molecule has 0 aromatic heterocycles. The molecule has 1 unspecified atom stereocenters. The Kier molecular flexibility index (Phi) is 3.62. The first-order valence-corrected chi connectivity index (χ1v) is 5.89. The summed E-state index contributed by atoms with van der Waals surface area (Å²) in [5.41, 5.74) is 2.79. The number of fused-ring (bicyclic) bond motifs is 1. The van der Waals surface area contributed by atoms with Crippen LogP contribution >= 0.6 is 11.6 Å². The molecule has 0 fully saturated rings. The van der Waals surface area contributed by atoms with Crippen molar-refractivity contribution in [1.82, 2.24) is 10.6 Å². The molecule has 2 nitrogen and oxygen atoms in total. The van der Waals surface area contributed by atoms with Gasteiger partial charge >= 0.3 is 0 Å². The second kappa shape index (κ2) is 4.97. The summed E-state index contributed by atoms with van der Waals surface area (Å²) < 4.78 is 0. The standard InChI is InChI=1S/C12H17ClN2/c1-2-14-7-10-8-15-6-9-3-4-11(13)5-12(9)10/h3-5,10,14-15H,2,6-8H2,1H3. The van der Waals surface area contributed by atoms with Gasteiger partial charge in [0.05, 0.1) is 0 Å². The maximum atomic E-state index is 6.04. The van der Waals surface area contributed by atoms with Crippen LogP contribution in [0.2, 0.25) is 5.02 Å². The minimum atomic E-state index is 0.549. The SMILES string of the molecule is CCNCC1CNCc2ccc(Cl)cc21. The van der Waals surface area contributed by atoms with E-state index in [0.29, 0.717) is 5.92 Å². The molecular weight excluding hydrogens is 208 g/mol. The van der Waals surface area contributed by atoms with Crippen LogP contribution in [0.3, 0.4) is 0 Å². The van der Waals surface area contributed by atoms with Crippen LogP contribution in [0.1, 0.15) is 24.0 Å². The van der Waals surface area contributed by atoms with E-state index in [1.54, 1.807) is 0 Å². The Hall–Kier alpha value is -0.570. The molecule has 1 aliphatic rings. The number of hydrogen-bond acceptors (Lipinski definition) is 2. The molecule has 1 aliphatic heterocycles. The van der Waals surface area contributed by atoms with Crippen LogP contribution in [0.4, 0.5) is 0 Å². The van der Waals surface area contributed by atoms with Crippen molar-refractivity contribution in [2.45, 2.75) is 19.4 Å². The van der Waals surface area contributed by atoms with Crippen LogP contribution in [0.25, 0.3) is 0 Å². The highest BCUT2D eigenvalue weighted by Crippen LogP contribution is 2.26. The molecule has 0 saturated heterocycles. The van der Waals surface area contributed by atoms with Crippen LogP contribution in [0.5, 0.6) is 0 Å². The fraction of sp³-hybridized carbons (Fsp3) is 0.500. The molecule has 1 atom stereocenters. The van der Waals surface area contributed by atoms with Gasteiger partial charge in [-0.15, -0.1) is 0 Å². The highest BCUT2D eigenvalue weighted by molar-refractivity contribution is 6.30. The number of rotatable bonds is 3. The average molecular weight is 225 g/mol. The van der Waals surface area contributed by atoms with Crippen molar-refractivity contribution in [2.24, 2.45) is 0 Å². The fourth-order valence-electron chi connectivity index (χ4n) is 2.10. The van der Waals surface area contributed by atoms with Gasteiger partial charge in [-0.2, -0.15) is 0 Å². The Balaban J connectivity index is 2.20. The van der Waals surface area contributed by atoms with Gasteiger partial charge in [0.1, 0.15) is 0 Å². The molecule has 82 valence electrons. The maximum Gasteiger partial charge on any atom is 0.0409 e. The van der Waals surface area contributed by atoms with Gasteiger partial charge in [0, 0.05) is 30.6 Å². The highest BCUT2D eigenvalue weighted by atomic mass is 35.5. The maximum absolute atomic E-state index is 6.04.